The highest BCUT2D eigenvalue weighted by molar-refractivity contribution is 8.91. The maximum Gasteiger partial charge on any atom is 0.112 e. The lowest BCUT2D eigenvalue weighted by atomic mass is 10.3. The van der Waals surface area contributed by atoms with Gasteiger partial charge in [-0.1, -0.05) is 46.0 Å². The van der Waals surface area contributed by atoms with Crippen LogP contribution < -0.4 is 10.6 Å². The van der Waals surface area contributed by atoms with Gasteiger partial charge in [0.05, 0.1) is 26.7 Å². The van der Waals surface area contributed by atoms with Crippen molar-refractivity contribution in [3.63, 3.8) is 0 Å². The molecule has 0 radical (unpaired) electrons. The largest absolute Gasteiger partial charge is 0.369 e. The second-order valence-electron chi connectivity index (χ2n) is 4.29. The fraction of sp³-hybridized carbons (Fsp3) is 0.818. The van der Waals surface area contributed by atoms with Gasteiger partial charge in [-0.05, 0) is 21.6 Å². The molecule has 2 atom stereocenters. The van der Waals surface area contributed by atoms with Crippen LogP contribution in [-0.4, -0.2) is 65.1 Å². The molecule has 2 fully saturated rings. The minimum absolute atomic E-state index is 0.0618. The van der Waals surface area contributed by atoms with Gasteiger partial charge < -0.3 is 20.1 Å². The topological polar surface area (TPSA) is 42.5 Å². The van der Waals surface area contributed by atoms with E-state index in [0.29, 0.717) is 0 Å². The van der Waals surface area contributed by atoms with Gasteiger partial charge in [0.1, 0.15) is 12.2 Å². The van der Waals surface area contributed by atoms with Crippen molar-refractivity contribution in [1.82, 2.24) is 10.6 Å². The highest BCUT2D eigenvalue weighted by Gasteiger charge is 2.20. The van der Waals surface area contributed by atoms with E-state index in [0.717, 1.165) is 52.9 Å². The fourth-order valence-electron chi connectivity index (χ4n) is 1.72. The molecule has 2 N–H and O–H groups in total. The molecule has 120 valence electrons. The number of nitrogens with one attached hydrogen (secondary N) is 2. The third-order valence-corrected chi connectivity index (χ3v) is 9.79. The molecule has 0 aromatic rings. The van der Waals surface area contributed by atoms with Crippen molar-refractivity contribution in [3.8, 4) is 0 Å². The Morgan fingerprint density at radius 1 is 0.905 bits per heavy atom. The molecule has 2 aliphatic rings. The van der Waals surface area contributed by atoms with Gasteiger partial charge in [0.15, 0.2) is 0 Å². The molecule has 21 heavy (non-hydrogen) atoms. The molecule has 2 rings (SSSR count). The van der Waals surface area contributed by atoms with E-state index in [1.165, 1.54) is 0 Å². The first-order chi connectivity index (χ1) is 10.3. The Balaban J connectivity index is 1.51. The Bertz CT molecular complexity index is 316. The Labute approximate surface area is 152 Å². The van der Waals surface area contributed by atoms with Crippen LogP contribution in [0.3, 0.4) is 0 Å². The number of rotatable bonds is 6. The summed E-state index contributed by atoms with van der Waals surface area (Å²) in [5.41, 5.74) is 0. The first-order valence-electron chi connectivity index (χ1n) is 6.58. The fourth-order valence-corrected chi connectivity index (χ4v) is 7.81. The maximum absolute atomic E-state index is 5.62. The predicted octanol–water partition coefficient (Wildman–Crippen LogP) is 2.34. The molecule has 0 aromatic heterocycles. The van der Waals surface area contributed by atoms with Crippen molar-refractivity contribution < 1.29 is 9.47 Å². The van der Waals surface area contributed by atoms with E-state index in [4.69, 9.17) is 33.9 Å². The Morgan fingerprint density at radius 2 is 1.38 bits per heavy atom. The molecule has 4 nitrogen and oxygen atoms in total. The van der Waals surface area contributed by atoms with Gasteiger partial charge >= 0.3 is 0 Å². The van der Waals surface area contributed by atoms with Crippen molar-refractivity contribution in [2.45, 2.75) is 12.2 Å². The van der Waals surface area contributed by atoms with E-state index >= 15 is 0 Å². The van der Waals surface area contributed by atoms with Crippen molar-refractivity contribution in [3.05, 3.63) is 0 Å². The number of hydrogen-bond donors (Lipinski definition) is 2. The summed E-state index contributed by atoms with van der Waals surface area (Å²) in [6, 6.07) is 0. The zero-order valence-electron chi connectivity index (χ0n) is 11.4. The molecule has 2 aliphatic heterocycles. The summed E-state index contributed by atoms with van der Waals surface area (Å²) in [5.74, 6) is 0. The number of hydrogen-bond acceptors (Lipinski definition) is 10. The van der Waals surface area contributed by atoms with Gasteiger partial charge in [-0.2, -0.15) is 0 Å². The lowest BCUT2D eigenvalue weighted by Crippen LogP contribution is -2.41. The van der Waals surface area contributed by atoms with Crippen LogP contribution in [-0.2, 0) is 9.47 Å². The zero-order chi connectivity index (χ0) is 14.9. The van der Waals surface area contributed by atoms with Gasteiger partial charge in [-0.3, -0.25) is 0 Å². The monoisotopic (exact) mass is 402 g/mol. The van der Waals surface area contributed by atoms with Gasteiger partial charge in [-0.15, -0.1) is 0 Å². The summed E-state index contributed by atoms with van der Waals surface area (Å²) < 4.78 is 13.1. The van der Waals surface area contributed by atoms with Crippen LogP contribution in [0.1, 0.15) is 0 Å². The third-order valence-electron chi connectivity index (χ3n) is 2.76. The lowest BCUT2D eigenvalue weighted by molar-refractivity contribution is 0.0743. The first-order valence-corrected chi connectivity index (χ1v) is 12.0. The summed E-state index contributed by atoms with van der Waals surface area (Å²) in [4.78, 5) is 0. The molecule has 10 heteroatoms. The van der Waals surface area contributed by atoms with Crippen LogP contribution in [0.25, 0.3) is 0 Å². The zero-order valence-corrected chi connectivity index (χ0v) is 16.3. The minimum Gasteiger partial charge on any atom is -0.369 e. The Morgan fingerprint density at radius 3 is 1.76 bits per heavy atom. The van der Waals surface area contributed by atoms with Gasteiger partial charge in [0.25, 0.3) is 0 Å². The average molecular weight is 403 g/mol. The average Bonchev–Trinajstić information content (AvgIpc) is 2.55. The number of thiocarbonyl (C=S) groups is 2. The summed E-state index contributed by atoms with van der Waals surface area (Å²) >= 11 is 10.8. The van der Waals surface area contributed by atoms with Crippen molar-refractivity contribution >= 4 is 76.0 Å². The molecule has 2 unspecified atom stereocenters. The molecular weight excluding hydrogens is 385 g/mol. The van der Waals surface area contributed by atoms with Gasteiger partial charge in [0, 0.05) is 26.2 Å². The van der Waals surface area contributed by atoms with E-state index < -0.39 is 0 Å². The summed E-state index contributed by atoms with van der Waals surface area (Å²) in [5, 5.41) is 7.50. The standard InChI is InChI=1S/C11H18N2O2S6/c16-10(8-5-12-1-3-14-8)20-18-7-19-21-11(17)9-6-13-2-4-15-9/h8-9,12-13H,1-7H2. The molecule has 0 bridgehead atoms. The molecule has 0 aliphatic carbocycles. The Hall–Kier alpha value is 1.42. The number of morpholine rings is 2. The summed E-state index contributed by atoms with van der Waals surface area (Å²) in [6.45, 7) is 4.96. The van der Waals surface area contributed by atoms with Crippen molar-refractivity contribution in [1.29, 1.82) is 0 Å². The number of ether oxygens (including phenoxy) is 2. The van der Waals surface area contributed by atoms with Crippen LogP contribution in [0.2, 0.25) is 0 Å². The highest BCUT2D eigenvalue weighted by Crippen LogP contribution is 2.35. The van der Waals surface area contributed by atoms with Crippen LogP contribution in [0.4, 0.5) is 0 Å². The van der Waals surface area contributed by atoms with E-state index in [1.807, 2.05) is 0 Å². The SMILES string of the molecule is S=C(SSCSSC(=S)C1CNCCO1)C1CNCCO1. The van der Waals surface area contributed by atoms with Crippen molar-refractivity contribution in [2.24, 2.45) is 0 Å². The van der Waals surface area contributed by atoms with Crippen LogP contribution in [0, 0.1) is 0 Å². The molecule has 0 amide bonds. The predicted molar refractivity (Wildman–Crippen MR) is 106 cm³/mol. The highest BCUT2D eigenvalue weighted by atomic mass is 33.1. The van der Waals surface area contributed by atoms with E-state index in [2.05, 4.69) is 10.6 Å². The van der Waals surface area contributed by atoms with Crippen molar-refractivity contribution in [2.75, 3.05) is 44.5 Å². The second-order valence-corrected chi connectivity index (χ2v) is 10.7. The summed E-state index contributed by atoms with van der Waals surface area (Å²) in [6.07, 6.45) is 0.124. The molecule has 2 saturated heterocycles. The van der Waals surface area contributed by atoms with Gasteiger partial charge in [-0.25, -0.2) is 0 Å². The maximum atomic E-state index is 5.62. The third kappa shape index (κ3) is 7.23. The Kier molecular flexibility index (Phi) is 9.88. The van der Waals surface area contributed by atoms with E-state index in [-0.39, 0.29) is 12.2 Å². The quantitative estimate of drug-likeness (QED) is 0.299. The minimum atomic E-state index is 0.0618. The van der Waals surface area contributed by atoms with Gasteiger partial charge in [0.2, 0.25) is 0 Å². The normalized spacial score (nSPS) is 26.5. The molecule has 0 saturated carbocycles. The molecular formula is C11H18N2O2S6. The van der Waals surface area contributed by atoms with E-state index in [9.17, 15) is 0 Å². The smallest absolute Gasteiger partial charge is 0.112 e. The summed E-state index contributed by atoms with van der Waals surface area (Å²) in [7, 11) is 6.74. The molecule has 0 spiro atoms. The van der Waals surface area contributed by atoms with Crippen LogP contribution in [0.5, 0.6) is 0 Å². The lowest BCUT2D eigenvalue weighted by Gasteiger charge is -2.24. The second kappa shape index (κ2) is 11.1. The van der Waals surface area contributed by atoms with E-state index in [1.54, 1.807) is 43.2 Å². The van der Waals surface area contributed by atoms with Crippen LogP contribution in [0.15, 0.2) is 0 Å². The van der Waals surface area contributed by atoms with Crippen LogP contribution >= 0.6 is 67.6 Å². The molecule has 2 heterocycles. The molecule has 0 aromatic carbocycles. The first kappa shape index (κ1) is 18.8.